The van der Waals surface area contributed by atoms with Crippen LogP contribution in [0, 0.1) is 0 Å². The Bertz CT molecular complexity index is 762. The van der Waals surface area contributed by atoms with E-state index in [-0.39, 0.29) is 5.78 Å². The Morgan fingerprint density at radius 3 is 1.50 bits per heavy atom. The van der Waals surface area contributed by atoms with Gasteiger partial charge in [-0.15, -0.1) is 0 Å². The molecule has 0 aliphatic heterocycles. The largest absolute Gasteiger partial charge is 0.290 e. The SMILES string of the molecule is NNC(=O)c1ccc2c(c1)C(=O)c1cc(C(=O)NN)ccc1-2. The lowest BCUT2D eigenvalue weighted by Crippen LogP contribution is -2.30. The zero-order chi connectivity index (χ0) is 15.9. The average Bonchev–Trinajstić information content (AvgIpc) is 2.85. The third-order valence-corrected chi connectivity index (χ3v) is 3.61. The monoisotopic (exact) mass is 296 g/mol. The van der Waals surface area contributed by atoms with Crippen molar-refractivity contribution < 1.29 is 14.4 Å². The van der Waals surface area contributed by atoms with E-state index in [1.54, 1.807) is 24.3 Å². The Labute approximate surface area is 125 Å². The summed E-state index contributed by atoms with van der Waals surface area (Å²) in [6.45, 7) is 0. The molecule has 22 heavy (non-hydrogen) atoms. The molecule has 2 aromatic carbocycles. The van der Waals surface area contributed by atoms with Crippen LogP contribution in [0.3, 0.4) is 0 Å². The van der Waals surface area contributed by atoms with Gasteiger partial charge in [-0.1, -0.05) is 12.1 Å². The number of nitrogen functional groups attached to an aromatic ring is 2. The standard InChI is InChI=1S/C15H12N4O3/c16-18-14(21)7-1-3-9-10-4-2-8(15(22)19-17)6-12(10)13(20)11(9)5-7/h1-6H,16-17H2,(H,18,21)(H,19,22). The van der Waals surface area contributed by atoms with E-state index in [2.05, 4.69) is 0 Å². The van der Waals surface area contributed by atoms with Crippen molar-refractivity contribution in [2.75, 3.05) is 0 Å². The molecule has 0 aromatic heterocycles. The minimum absolute atomic E-state index is 0.247. The first-order chi connectivity index (χ1) is 10.6. The van der Waals surface area contributed by atoms with E-state index < -0.39 is 11.8 Å². The molecule has 0 fully saturated rings. The topological polar surface area (TPSA) is 127 Å². The van der Waals surface area contributed by atoms with Crippen LogP contribution in [0.25, 0.3) is 11.1 Å². The molecule has 7 nitrogen and oxygen atoms in total. The molecule has 7 heteroatoms. The highest BCUT2D eigenvalue weighted by Crippen LogP contribution is 2.37. The number of hydrazine groups is 2. The van der Waals surface area contributed by atoms with Crippen LogP contribution >= 0.6 is 0 Å². The third-order valence-electron chi connectivity index (χ3n) is 3.61. The van der Waals surface area contributed by atoms with Crippen molar-refractivity contribution in [3.05, 3.63) is 58.7 Å². The zero-order valence-corrected chi connectivity index (χ0v) is 11.3. The summed E-state index contributed by atoms with van der Waals surface area (Å²) in [5, 5.41) is 0. The van der Waals surface area contributed by atoms with E-state index in [1.165, 1.54) is 12.1 Å². The van der Waals surface area contributed by atoms with E-state index in [1.807, 2.05) is 10.9 Å². The van der Waals surface area contributed by atoms with E-state index in [9.17, 15) is 14.4 Å². The van der Waals surface area contributed by atoms with Crippen LogP contribution in [0.15, 0.2) is 36.4 Å². The normalized spacial score (nSPS) is 11.6. The first-order valence-corrected chi connectivity index (χ1v) is 6.42. The molecule has 0 spiro atoms. The number of carbonyl (C=O) groups is 3. The molecular weight excluding hydrogens is 284 g/mol. The lowest BCUT2D eigenvalue weighted by Gasteiger charge is -2.04. The van der Waals surface area contributed by atoms with Crippen LogP contribution in [-0.4, -0.2) is 17.6 Å². The average molecular weight is 296 g/mol. The fourth-order valence-corrected chi connectivity index (χ4v) is 2.53. The van der Waals surface area contributed by atoms with E-state index in [4.69, 9.17) is 11.7 Å². The molecule has 1 aliphatic rings. The van der Waals surface area contributed by atoms with Gasteiger partial charge >= 0.3 is 0 Å². The van der Waals surface area contributed by atoms with Gasteiger partial charge in [0.05, 0.1) is 0 Å². The number of ketones is 1. The number of nitrogens with two attached hydrogens (primary N) is 2. The Morgan fingerprint density at radius 1 is 0.727 bits per heavy atom. The van der Waals surface area contributed by atoms with Gasteiger partial charge in [0.25, 0.3) is 11.8 Å². The van der Waals surface area contributed by atoms with Gasteiger partial charge in [0.2, 0.25) is 0 Å². The van der Waals surface area contributed by atoms with E-state index in [0.29, 0.717) is 33.4 Å². The van der Waals surface area contributed by atoms with Crippen molar-refractivity contribution in [3.8, 4) is 11.1 Å². The number of rotatable bonds is 2. The minimum atomic E-state index is -0.477. The summed E-state index contributed by atoms with van der Waals surface area (Å²) in [5.74, 6) is 8.99. The summed E-state index contributed by atoms with van der Waals surface area (Å²) in [7, 11) is 0. The molecule has 0 bridgehead atoms. The summed E-state index contributed by atoms with van der Waals surface area (Å²) in [4.78, 5) is 35.6. The maximum atomic E-state index is 12.5. The highest BCUT2D eigenvalue weighted by Gasteiger charge is 2.28. The summed E-state index contributed by atoms with van der Waals surface area (Å²) in [5.41, 5.74) is 6.87. The van der Waals surface area contributed by atoms with Crippen molar-refractivity contribution in [2.45, 2.75) is 0 Å². The molecular formula is C15H12N4O3. The van der Waals surface area contributed by atoms with E-state index in [0.717, 1.165) is 0 Å². The number of amides is 2. The molecule has 0 saturated heterocycles. The molecule has 0 unspecified atom stereocenters. The Morgan fingerprint density at radius 2 is 1.14 bits per heavy atom. The zero-order valence-electron chi connectivity index (χ0n) is 11.3. The summed E-state index contributed by atoms with van der Waals surface area (Å²) in [6, 6.07) is 9.53. The first-order valence-electron chi connectivity index (χ1n) is 6.42. The molecule has 0 radical (unpaired) electrons. The summed E-state index contributed by atoms with van der Waals surface area (Å²) < 4.78 is 0. The number of carbonyl (C=O) groups excluding carboxylic acids is 3. The summed E-state index contributed by atoms with van der Waals surface area (Å²) in [6.07, 6.45) is 0. The quantitative estimate of drug-likeness (QED) is 0.303. The second-order valence-corrected chi connectivity index (χ2v) is 4.80. The third kappa shape index (κ3) is 1.96. The maximum Gasteiger partial charge on any atom is 0.265 e. The lowest BCUT2D eigenvalue weighted by molar-refractivity contribution is 0.0945. The van der Waals surface area contributed by atoms with Crippen LogP contribution in [0.4, 0.5) is 0 Å². The number of fused-ring (bicyclic) bond motifs is 3. The molecule has 3 rings (SSSR count). The molecule has 1 aliphatic carbocycles. The minimum Gasteiger partial charge on any atom is -0.290 e. The van der Waals surface area contributed by atoms with Gasteiger partial charge < -0.3 is 0 Å². The molecule has 2 amide bonds. The van der Waals surface area contributed by atoms with E-state index >= 15 is 0 Å². The maximum absolute atomic E-state index is 12.5. The predicted molar refractivity (Wildman–Crippen MR) is 78.6 cm³/mol. The van der Waals surface area contributed by atoms with Gasteiger partial charge in [0.15, 0.2) is 5.78 Å². The van der Waals surface area contributed by atoms with Crippen LogP contribution in [0.5, 0.6) is 0 Å². The van der Waals surface area contributed by atoms with Crippen molar-refractivity contribution in [2.24, 2.45) is 11.7 Å². The number of hydrogen-bond donors (Lipinski definition) is 4. The number of hydrogen-bond acceptors (Lipinski definition) is 5. The number of nitrogens with one attached hydrogen (secondary N) is 2. The van der Waals surface area contributed by atoms with Crippen LogP contribution < -0.4 is 22.5 Å². The Hall–Kier alpha value is -3.03. The number of benzene rings is 2. The molecule has 0 heterocycles. The van der Waals surface area contributed by atoms with Crippen LogP contribution in [0.2, 0.25) is 0 Å². The highest BCUT2D eigenvalue weighted by molar-refractivity contribution is 6.23. The summed E-state index contributed by atoms with van der Waals surface area (Å²) >= 11 is 0. The van der Waals surface area contributed by atoms with Gasteiger partial charge in [0.1, 0.15) is 0 Å². The fraction of sp³-hybridized carbons (Fsp3) is 0. The first kappa shape index (κ1) is 13.9. The molecule has 2 aromatic rings. The van der Waals surface area contributed by atoms with Gasteiger partial charge in [-0.05, 0) is 35.4 Å². The van der Waals surface area contributed by atoms with Crippen LogP contribution in [-0.2, 0) is 0 Å². The Balaban J connectivity index is 2.11. The van der Waals surface area contributed by atoms with Crippen LogP contribution in [0.1, 0.15) is 36.6 Å². The van der Waals surface area contributed by atoms with Crippen molar-refractivity contribution in [1.82, 2.24) is 10.9 Å². The van der Waals surface area contributed by atoms with Gasteiger partial charge in [-0.25, -0.2) is 11.7 Å². The van der Waals surface area contributed by atoms with Crippen molar-refractivity contribution >= 4 is 17.6 Å². The molecule has 6 N–H and O–H groups in total. The molecule has 0 atom stereocenters. The fourth-order valence-electron chi connectivity index (χ4n) is 2.53. The lowest BCUT2D eigenvalue weighted by atomic mass is 10.0. The van der Waals surface area contributed by atoms with Crippen molar-refractivity contribution in [1.29, 1.82) is 0 Å². The second-order valence-electron chi connectivity index (χ2n) is 4.80. The Kier molecular flexibility index (Phi) is 3.21. The molecule has 110 valence electrons. The van der Waals surface area contributed by atoms with Gasteiger partial charge in [-0.2, -0.15) is 0 Å². The van der Waals surface area contributed by atoms with Crippen molar-refractivity contribution in [3.63, 3.8) is 0 Å². The smallest absolute Gasteiger partial charge is 0.265 e. The van der Waals surface area contributed by atoms with Gasteiger partial charge in [0, 0.05) is 22.3 Å². The van der Waals surface area contributed by atoms with Gasteiger partial charge in [-0.3, -0.25) is 25.2 Å². The second kappa shape index (κ2) is 5.06. The predicted octanol–water partition coefficient (Wildman–Crippen LogP) is 0.105. The molecule has 0 saturated carbocycles. The highest BCUT2D eigenvalue weighted by atomic mass is 16.2.